The zero-order chi connectivity index (χ0) is 14.3. The van der Waals surface area contributed by atoms with Crippen LogP contribution < -0.4 is 0 Å². The third-order valence-electron chi connectivity index (χ3n) is 3.99. The van der Waals surface area contributed by atoms with E-state index in [0.717, 1.165) is 12.8 Å². The smallest absolute Gasteiger partial charge is 0.262 e. The van der Waals surface area contributed by atoms with Crippen LogP contribution in [0.3, 0.4) is 0 Å². The van der Waals surface area contributed by atoms with Gasteiger partial charge in [-0.3, -0.25) is 0 Å². The Bertz CT molecular complexity index is 585. The normalized spacial score (nSPS) is 31.4. The van der Waals surface area contributed by atoms with Crippen molar-refractivity contribution in [1.29, 1.82) is 0 Å². The zero-order valence-electron chi connectivity index (χ0n) is 11.6. The van der Waals surface area contributed by atoms with Gasteiger partial charge in [-0.15, -0.1) is 0 Å². The number of methoxy groups -OCH3 is 1. The minimum Gasteiger partial charge on any atom is -0.377 e. The minimum absolute atomic E-state index is 0.0843. The molecular weight excluding hydrogens is 282 g/mol. The maximum atomic E-state index is 12.7. The van der Waals surface area contributed by atoms with E-state index < -0.39 is 10.0 Å². The van der Waals surface area contributed by atoms with Crippen LogP contribution >= 0.6 is 0 Å². The van der Waals surface area contributed by atoms with Crippen molar-refractivity contribution in [3.8, 4) is 0 Å². The van der Waals surface area contributed by atoms with Crippen LogP contribution in [0.5, 0.6) is 0 Å². The van der Waals surface area contributed by atoms with Crippen molar-refractivity contribution in [1.82, 2.24) is 13.9 Å². The number of imidazole rings is 1. The quantitative estimate of drug-likeness (QED) is 0.785. The van der Waals surface area contributed by atoms with Gasteiger partial charge >= 0.3 is 0 Å². The molecule has 0 unspecified atom stereocenters. The number of hydrogen-bond donors (Lipinski definition) is 0. The van der Waals surface area contributed by atoms with Crippen molar-refractivity contribution in [2.24, 2.45) is 7.05 Å². The number of ether oxygens (including phenoxy) is 2. The van der Waals surface area contributed by atoms with E-state index in [1.807, 2.05) is 0 Å². The third-order valence-corrected chi connectivity index (χ3v) is 5.76. The average Bonchev–Trinajstić information content (AvgIpc) is 3.03. The van der Waals surface area contributed by atoms with Gasteiger partial charge < -0.3 is 14.0 Å². The fourth-order valence-corrected chi connectivity index (χ4v) is 4.64. The van der Waals surface area contributed by atoms with Crippen molar-refractivity contribution in [2.75, 3.05) is 20.3 Å². The van der Waals surface area contributed by atoms with Gasteiger partial charge in [-0.25, -0.2) is 13.4 Å². The van der Waals surface area contributed by atoms with E-state index in [2.05, 4.69) is 4.98 Å². The molecule has 2 aliphatic rings. The van der Waals surface area contributed by atoms with E-state index in [9.17, 15) is 8.42 Å². The summed E-state index contributed by atoms with van der Waals surface area (Å²) in [5.41, 5.74) is 0. The van der Waals surface area contributed by atoms with Crippen LogP contribution in [0, 0.1) is 0 Å². The first-order valence-corrected chi connectivity index (χ1v) is 8.12. The van der Waals surface area contributed by atoms with E-state index in [0.29, 0.717) is 13.2 Å². The first-order valence-electron chi connectivity index (χ1n) is 6.68. The van der Waals surface area contributed by atoms with Crippen LogP contribution in [-0.4, -0.2) is 60.8 Å². The molecule has 0 aliphatic carbocycles. The molecule has 0 radical (unpaired) electrons. The lowest BCUT2D eigenvalue weighted by Gasteiger charge is -2.31. The Morgan fingerprint density at radius 3 is 2.95 bits per heavy atom. The lowest BCUT2D eigenvalue weighted by Crippen LogP contribution is -2.43. The third kappa shape index (κ3) is 2.16. The molecule has 0 aromatic carbocycles. The van der Waals surface area contributed by atoms with Crippen molar-refractivity contribution in [3.05, 3.63) is 12.5 Å². The zero-order valence-corrected chi connectivity index (χ0v) is 12.4. The highest BCUT2D eigenvalue weighted by Gasteiger charge is 2.49. The molecule has 8 heteroatoms. The first kappa shape index (κ1) is 14.0. The van der Waals surface area contributed by atoms with E-state index in [4.69, 9.17) is 9.47 Å². The molecule has 3 atom stereocenters. The number of rotatable bonds is 3. The van der Waals surface area contributed by atoms with E-state index >= 15 is 0 Å². The summed E-state index contributed by atoms with van der Waals surface area (Å²) < 4.78 is 39.6. The largest absolute Gasteiger partial charge is 0.377 e. The molecule has 1 aromatic heterocycles. The molecule has 0 spiro atoms. The number of aromatic nitrogens is 2. The predicted octanol–water partition coefficient (Wildman–Crippen LogP) is -0.0130. The van der Waals surface area contributed by atoms with Crippen LogP contribution in [0.25, 0.3) is 0 Å². The lowest BCUT2D eigenvalue weighted by atomic mass is 10.0. The molecule has 2 aliphatic heterocycles. The second kappa shape index (κ2) is 5.10. The van der Waals surface area contributed by atoms with Crippen LogP contribution in [0.4, 0.5) is 0 Å². The van der Waals surface area contributed by atoms with Crippen molar-refractivity contribution in [3.63, 3.8) is 0 Å². The summed E-state index contributed by atoms with van der Waals surface area (Å²) >= 11 is 0. The van der Waals surface area contributed by atoms with Gasteiger partial charge in [0.25, 0.3) is 10.0 Å². The molecule has 0 saturated carbocycles. The summed E-state index contributed by atoms with van der Waals surface area (Å²) in [6.07, 6.45) is 4.30. The molecule has 112 valence electrons. The summed E-state index contributed by atoms with van der Waals surface area (Å²) in [6, 6.07) is -0.152. The highest BCUT2D eigenvalue weighted by molar-refractivity contribution is 7.89. The summed E-state index contributed by atoms with van der Waals surface area (Å²) in [6.45, 7) is 0.989. The molecule has 1 aromatic rings. The summed E-state index contributed by atoms with van der Waals surface area (Å²) in [4.78, 5) is 3.97. The van der Waals surface area contributed by atoms with Crippen molar-refractivity contribution >= 4 is 10.0 Å². The maximum Gasteiger partial charge on any atom is 0.262 e. The Hall–Kier alpha value is -0.960. The second-order valence-corrected chi connectivity index (χ2v) is 7.11. The predicted molar refractivity (Wildman–Crippen MR) is 70.7 cm³/mol. The number of hydrogen-bond acceptors (Lipinski definition) is 5. The second-order valence-electron chi connectivity index (χ2n) is 5.27. The van der Waals surface area contributed by atoms with Gasteiger partial charge in [-0.1, -0.05) is 0 Å². The van der Waals surface area contributed by atoms with Gasteiger partial charge in [0.15, 0.2) is 5.03 Å². The van der Waals surface area contributed by atoms with Gasteiger partial charge in [-0.05, 0) is 12.8 Å². The molecule has 0 N–H and O–H groups in total. The van der Waals surface area contributed by atoms with E-state index in [1.165, 1.54) is 16.8 Å². The molecule has 2 saturated heterocycles. The molecule has 20 heavy (non-hydrogen) atoms. The minimum atomic E-state index is -3.59. The highest BCUT2D eigenvalue weighted by atomic mass is 32.2. The molecule has 2 fully saturated rings. The monoisotopic (exact) mass is 301 g/mol. The lowest BCUT2D eigenvalue weighted by molar-refractivity contribution is -0.0624. The Balaban J connectivity index is 1.93. The molecule has 0 bridgehead atoms. The SMILES string of the molecule is CO[C@@H]1CN(S(=O)(=O)c2cn(C)cn2)[C@H]2CCCO[C@@H]12. The van der Waals surface area contributed by atoms with Gasteiger partial charge in [-0.2, -0.15) is 4.31 Å². The highest BCUT2D eigenvalue weighted by Crippen LogP contribution is 2.34. The first-order chi connectivity index (χ1) is 9.54. The average molecular weight is 301 g/mol. The van der Waals surface area contributed by atoms with Gasteiger partial charge in [0.05, 0.1) is 18.5 Å². The van der Waals surface area contributed by atoms with Gasteiger partial charge in [0.2, 0.25) is 0 Å². The summed E-state index contributed by atoms with van der Waals surface area (Å²) in [5.74, 6) is 0. The number of sulfonamides is 1. The number of nitrogens with zero attached hydrogens (tertiary/aromatic N) is 3. The van der Waals surface area contributed by atoms with Crippen LogP contribution in [0.2, 0.25) is 0 Å². The molecule has 3 rings (SSSR count). The van der Waals surface area contributed by atoms with Crippen LogP contribution in [0.1, 0.15) is 12.8 Å². The van der Waals surface area contributed by atoms with E-state index in [-0.39, 0.29) is 23.3 Å². The van der Waals surface area contributed by atoms with Crippen molar-refractivity contribution in [2.45, 2.75) is 36.1 Å². The topological polar surface area (TPSA) is 73.7 Å². The van der Waals surface area contributed by atoms with Gasteiger partial charge in [0, 0.05) is 33.5 Å². The number of aryl methyl sites for hydroxylation is 1. The summed E-state index contributed by atoms with van der Waals surface area (Å²) in [7, 11) is -0.246. The van der Waals surface area contributed by atoms with Crippen LogP contribution in [-0.2, 0) is 26.5 Å². The number of fused-ring (bicyclic) bond motifs is 1. The summed E-state index contributed by atoms with van der Waals surface area (Å²) in [5, 5.41) is 0.0843. The molecule has 0 amide bonds. The Morgan fingerprint density at radius 1 is 1.50 bits per heavy atom. The Labute approximate surface area is 118 Å². The molecule has 7 nitrogen and oxygen atoms in total. The fourth-order valence-electron chi connectivity index (χ4n) is 2.99. The van der Waals surface area contributed by atoms with Crippen molar-refractivity contribution < 1.29 is 17.9 Å². The maximum absolute atomic E-state index is 12.7. The molecular formula is C12H19N3O4S. The van der Waals surface area contributed by atoms with Gasteiger partial charge in [0.1, 0.15) is 6.10 Å². The Kier molecular flexibility index (Phi) is 3.57. The molecule has 3 heterocycles. The van der Waals surface area contributed by atoms with Crippen LogP contribution in [0.15, 0.2) is 17.6 Å². The standard InChI is InChI=1S/C12H19N3O4S/c1-14-7-11(13-8-14)20(16,17)15-6-10(18-2)12-9(15)4-3-5-19-12/h7-10,12H,3-6H2,1-2H3/t9-,10+,12+/m0/s1. The Morgan fingerprint density at radius 2 is 2.30 bits per heavy atom. The van der Waals surface area contributed by atoms with E-state index in [1.54, 1.807) is 18.7 Å². The fraction of sp³-hybridized carbons (Fsp3) is 0.750.